The lowest BCUT2D eigenvalue weighted by molar-refractivity contribution is 0.586. The average Bonchev–Trinajstić information content (AvgIpc) is 2.54. The third-order valence-electron chi connectivity index (χ3n) is 4.44. The number of rotatable bonds is 19. The summed E-state index contributed by atoms with van der Waals surface area (Å²) in [5.41, 5.74) is 0. The van der Waals surface area contributed by atoms with E-state index in [2.05, 4.69) is 13.8 Å². The van der Waals surface area contributed by atoms with Crippen molar-refractivity contribution in [1.29, 1.82) is 0 Å². The first kappa shape index (κ1) is 22.9. The molecule has 0 fully saturated rings. The highest BCUT2D eigenvalue weighted by Crippen LogP contribution is 2.38. The SMILES string of the molecule is CCCCCCCCCCPPCCCCCCCCCC. The van der Waals surface area contributed by atoms with Crippen LogP contribution in [-0.4, -0.2) is 12.3 Å². The predicted molar refractivity (Wildman–Crippen MR) is 112 cm³/mol. The molecule has 0 nitrogen and oxygen atoms in total. The van der Waals surface area contributed by atoms with Crippen molar-refractivity contribution in [3.8, 4) is 0 Å². The molecule has 0 aliphatic rings. The average molecular weight is 347 g/mol. The van der Waals surface area contributed by atoms with Crippen LogP contribution in [0.2, 0.25) is 0 Å². The van der Waals surface area contributed by atoms with Gasteiger partial charge < -0.3 is 0 Å². The van der Waals surface area contributed by atoms with Crippen molar-refractivity contribution in [3.05, 3.63) is 0 Å². The Balaban J connectivity index is 2.91. The normalized spacial score (nSPS) is 12.3. The molecule has 0 aromatic heterocycles. The second-order valence-corrected chi connectivity index (χ2v) is 10.6. The lowest BCUT2D eigenvalue weighted by Gasteiger charge is -2.04. The van der Waals surface area contributed by atoms with Crippen LogP contribution in [0.25, 0.3) is 0 Å². The molecule has 0 aromatic carbocycles. The summed E-state index contributed by atoms with van der Waals surface area (Å²) >= 11 is 0. The molecule has 0 aliphatic carbocycles. The molecule has 22 heavy (non-hydrogen) atoms. The molecule has 0 bridgehead atoms. The summed E-state index contributed by atoms with van der Waals surface area (Å²) < 4.78 is 0. The Labute approximate surface area is 145 Å². The van der Waals surface area contributed by atoms with Crippen LogP contribution in [0.5, 0.6) is 0 Å². The minimum absolute atomic E-state index is 1.28. The van der Waals surface area contributed by atoms with Gasteiger partial charge in [0.1, 0.15) is 0 Å². The summed E-state index contributed by atoms with van der Waals surface area (Å²) in [5, 5.41) is 0. The fraction of sp³-hybridized carbons (Fsp3) is 1.00. The zero-order valence-electron chi connectivity index (χ0n) is 15.7. The molecule has 0 N–H and O–H groups in total. The molecule has 134 valence electrons. The van der Waals surface area contributed by atoms with E-state index in [0.29, 0.717) is 0 Å². The van der Waals surface area contributed by atoms with Crippen LogP contribution in [-0.2, 0) is 0 Å². The van der Waals surface area contributed by atoms with Crippen LogP contribution in [0.15, 0.2) is 0 Å². The molecule has 0 heterocycles. The molecule has 0 saturated carbocycles. The standard InChI is InChI=1S/C20H44P2/c1-3-5-7-9-11-13-15-17-19-21-22-20-18-16-14-12-10-8-6-4-2/h21-22H,3-20H2,1-2H3. The Kier molecular flexibility index (Phi) is 22.7. The first-order chi connectivity index (χ1) is 10.9. The highest BCUT2D eigenvalue weighted by molar-refractivity contribution is 8.11. The van der Waals surface area contributed by atoms with Gasteiger partial charge in [-0.15, -0.1) is 0 Å². The fourth-order valence-corrected chi connectivity index (χ4v) is 6.20. The van der Waals surface area contributed by atoms with E-state index in [0.717, 1.165) is 0 Å². The number of hydrogen-bond acceptors (Lipinski definition) is 0. The molecule has 0 radical (unpaired) electrons. The first-order valence-electron chi connectivity index (χ1n) is 10.4. The Bertz CT molecular complexity index is 163. The monoisotopic (exact) mass is 346 g/mol. The Hall–Kier alpha value is 0.860. The quantitative estimate of drug-likeness (QED) is 0.162. The van der Waals surface area contributed by atoms with Gasteiger partial charge in [-0.05, 0) is 25.2 Å². The van der Waals surface area contributed by atoms with Gasteiger partial charge in [-0.1, -0.05) is 120 Å². The number of unbranched alkanes of at least 4 members (excludes halogenated alkanes) is 14. The van der Waals surface area contributed by atoms with E-state index in [1.165, 1.54) is 132 Å². The number of hydrogen-bond donors (Lipinski definition) is 0. The Morgan fingerprint density at radius 3 is 0.955 bits per heavy atom. The van der Waals surface area contributed by atoms with E-state index in [4.69, 9.17) is 0 Å². The smallest absolute Gasteiger partial charge is 0.0317 e. The van der Waals surface area contributed by atoms with E-state index in [1.807, 2.05) is 0 Å². The second kappa shape index (κ2) is 21.9. The molecule has 0 saturated heterocycles. The zero-order valence-corrected chi connectivity index (χ0v) is 17.7. The van der Waals surface area contributed by atoms with Crippen LogP contribution in [0.3, 0.4) is 0 Å². The van der Waals surface area contributed by atoms with Crippen molar-refractivity contribution in [3.63, 3.8) is 0 Å². The van der Waals surface area contributed by atoms with Gasteiger partial charge in [-0.2, -0.15) is 0 Å². The van der Waals surface area contributed by atoms with Crippen molar-refractivity contribution < 1.29 is 0 Å². The van der Waals surface area contributed by atoms with E-state index < -0.39 is 0 Å². The summed E-state index contributed by atoms with van der Waals surface area (Å²) in [6.45, 7) is 4.60. The van der Waals surface area contributed by atoms with Crippen LogP contribution in [0.4, 0.5) is 0 Å². The van der Waals surface area contributed by atoms with Crippen molar-refractivity contribution in [1.82, 2.24) is 0 Å². The Morgan fingerprint density at radius 2 is 0.636 bits per heavy atom. The van der Waals surface area contributed by atoms with Gasteiger partial charge >= 0.3 is 0 Å². The van der Waals surface area contributed by atoms with Crippen molar-refractivity contribution >= 4 is 16.5 Å². The van der Waals surface area contributed by atoms with E-state index >= 15 is 0 Å². The molecule has 2 heteroatoms. The minimum Gasteiger partial charge on any atom is -0.0992 e. The third-order valence-corrected chi connectivity index (χ3v) is 8.14. The zero-order chi connectivity index (χ0) is 16.1. The van der Waals surface area contributed by atoms with Crippen LogP contribution in [0, 0.1) is 0 Å². The molecular weight excluding hydrogens is 302 g/mol. The van der Waals surface area contributed by atoms with Crippen LogP contribution in [0.1, 0.15) is 117 Å². The fourth-order valence-electron chi connectivity index (χ4n) is 2.87. The van der Waals surface area contributed by atoms with Crippen molar-refractivity contribution in [2.45, 2.75) is 117 Å². The maximum absolute atomic E-state index is 2.30. The van der Waals surface area contributed by atoms with E-state index in [-0.39, 0.29) is 0 Å². The molecule has 0 spiro atoms. The van der Waals surface area contributed by atoms with E-state index in [1.54, 1.807) is 0 Å². The van der Waals surface area contributed by atoms with Gasteiger partial charge in [0.2, 0.25) is 0 Å². The summed E-state index contributed by atoms with van der Waals surface area (Å²) in [6, 6.07) is 0. The molecule has 0 rings (SSSR count). The molecule has 2 atom stereocenters. The maximum atomic E-state index is 2.30. The van der Waals surface area contributed by atoms with Gasteiger partial charge in [0.25, 0.3) is 0 Å². The van der Waals surface area contributed by atoms with Gasteiger partial charge in [-0.25, -0.2) is 0 Å². The molecule has 0 amide bonds. The van der Waals surface area contributed by atoms with E-state index in [9.17, 15) is 0 Å². The van der Waals surface area contributed by atoms with Crippen LogP contribution >= 0.6 is 16.5 Å². The molecule has 0 aliphatic heterocycles. The summed E-state index contributed by atoms with van der Waals surface area (Å²) in [7, 11) is 2.57. The van der Waals surface area contributed by atoms with Gasteiger partial charge in [0.15, 0.2) is 0 Å². The second-order valence-electron chi connectivity index (χ2n) is 6.80. The summed E-state index contributed by atoms with van der Waals surface area (Å²) in [6.07, 6.45) is 26.6. The molecule has 2 unspecified atom stereocenters. The van der Waals surface area contributed by atoms with Crippen LogP contribution < -0.4 is 0 Å². The van der Waals surface area contributed by atoms with Gasteiger partial charge in [-0.3, -0.25) is 0 Å². The van der Waals surface area contributed by atoms with Crippen molar-refractivity contribution in [2.24, 2.45) is 0 Å². The largest absolute Gasteiger partial charge is 0.0992 e. The highest BCUT2D eigenvalue weighted by Gasteiger charge is 1.94. The third kappa shape index (κ3) is 20.9. The molecule has 0 aromatic rings. The van der Waals surface area contributed by atoms with Crippen molar-refractivity contribution in [2.75, 3.05) is 12.3 Å². The van der Waals surface area contributed by atoms with Gasteiger partial charge in [0, 0.05) is 0 Å². The molecular formula is C20H44P2. The topological polar surface area (TPSA) is 0 Å². The summed E-state index contributed by atoms with van der Waals surface area (Å²) in [4.78, 5) is 0. The first-order valence-corrected chi connectivity index (χ1v) is 13.8. The maximum Gasteiger partial charge on any atom is -0.0317 e. The Morgan fingerprint density at radius 1 is 0.364 bits per heavy atom. The highest BCUT2D eigenvalue weighted by atomic mass is 32.0. The lowest BCUT2D eigenvalue weighted by Crippen LogP contribution is -1.82. The predicted octanol–water partition coefficient (Wildman–Crippen LogP) is 8.54. The van der Waals surface area contributed by atoms with Gasteiger partial charge in [0.05, 0.1) is 0 Å². The lowest BCUT2D eigenvalue weighted by atomic mass is 10.1. The minimum atomic E-state index is 1.28. The summed E-state index contributed by atoms with van der Waals surface area (Å²) in [5.74, 6) is 0.